The molecule has 1 aromatic carbocycles. The molecule has 1 fully saturated rings. The number of rotatable bonds is 2. The second-order valence-electron chi connectivity index (χ2n) is 6.30. The van der Waals surface area contributed by atoms with Gasteiger partial charge in [-0.1, -0.05) is 25.4 Å². The van der Waals surface area contributed by atoms with Crippen LogP contribution in [0.2, 0.25) is 5.02 Å². The lowest BCUT2D eigenvalue weighted by atomic mass is 9.64. The Bertz CT molecular complexity index is 720. The Morgan fingerprint density at radius 3 is 2.81 bits per heavy atom. The Balaban J connectivity index is 1.87. The molecule has 1 aliphatic carbocycles. The average Bonchev–Trinajstić information content (AvgIpc) is 2.75. The van der Waals surface area contributed by atoms with Crippen molar-refractivity contribution in [2.45, 2.75) is 39.3 Å². The average molecular weight is 308 g/mol. The van der Waals surface area contributed by atoms with Crippen LogP contribution in [-0.4, -0.2) is 23.2 Å². The van der Waals surface area contributed by atoms with Crippen LogP contribution in [0.1, 0.15) is 36.4 Å². The maximum absolute atomic E-state index is 12.4. The molecular weight excluding hydrogens is 290 g/mol. The first-order chi connectivity index (χ1) is 9.80. The lowest BCUT2D eigenvalue weighted by Crippen LogP contribution is -2.61. The van der Waals surface area contributed by atoms with Crippen molar-refractivity contribution in [3.05, 3.63) is 34.5 Å². The van der Waals surface area contributed by atoms with E-state index >= 15 is 0 Å². The first-order valence-corrected chi connectivity index (χ1v) is 7.36. The van der Waals surface area contributed by atoms with Gasteiger partial charge in [-0.15, -0.1) is 0 Å². The van der Waals surface area contributed by atoms with Crippen LogP contribution in [-0.2, 0) is 0 Å². The van der Waals surface area contributed by atoms with E-state index in [0.29, 0.717) is 22.8 Å². The zero-order valence-electron chi connectivity index (χ0n) is 12.2. The van der Waals surface area contributed by atoms with Crippen molar-refractivity contribution in [2.24, 2.45) is 5.41 Å². The second-order valence-corrected chi connectivity index (χ2v) is 6.73. The molecule has 112 valence electrons. The van der Waals surface area contributed by atoms with Crippen LogP contribution in [0.5, 0.6) is 0 Å². The zero-order valence-corrected chi connectivity index (χ0v) is 13.0. The Labute approximate surface area is 128 Å². The smallest absolute Gasteiger partial charge is 0.287 e. The number of halogens is 1. The highest BCUT2D eigenvalue weighted by atomic mass is 35.5. The molecule has 0 aliphatic heterocycles. The van der Waals surface area contributed by atoms with Gasteiger partial charge in [0.2, 0.25) is 0 Å². The van der Waals surface area contributed by atoms with Gasteiger partial charge >= 0.3 is 0 Å². The van der Waals surface area contributed by atoms with Gasteiger partial charge in [-0.05, 0) is 31.5 Å². The van der Waals surface area contributed by atoms with Crippen molar-refractivity contribution in [3.8, 4) is 0 Å². The number of carbonyl (C=O) groups is 1. The van der Waals surface area contributed by atoms with Crippen molar-refractivity contribution in [1.82, 2.24) is 5.32 Å². The largest absolute Gasteiger partial charge is 0.451 e. The predicted molar refractivity (Wildman–Crippen MR) is 81.6 cm³/mol. The van der Waals surface area contributed by atoms with Gasteiger partial charge in [-0.2, -0.15) is 0 Å². The maximum atomic E-state index is 12.4. The summed E-state index contributed by atoms with van der Waals surface area (Å²) < 4.78 is 5.65. The van der Waals surface area contributed by atoms with Gasteiger partial charge in [0.05, 0.1) is 6.10 Å². The summed E-state index contributed by atoms with van der Waals surface area (Å²) in [5, 5.41) is 14.1. The molecule has 1 aromatic heterocycles. The number of aliphatic hydroxyl groups is 1. The second kappa shape index (κ2) is 4.75. The number of furan rings is 1. The molecule has 2 aromatic rings. The predicted octanol–water partition coefficient (Wildman–Crippen LogP) is 3.28. The number of amides is 1. The third kappa shape index (κ3) is 2.23. The molecule has 1 aliphatic rings. The highest BCUT2D eigenvalue weighted by molar-refractivity contribution is 6.31. The van der Waals surface area contributed by atoms with E-state index in [2.05, 4.69) is 5.32 Å². The Morgan fingerprint density at radius 1 is 1.48 bits per heavy atom. The standard InChI is InChI=1S/C16H18ClNO3/c1-8-10-6-9(17)4-5-11(10)21-14(8)15(20)18-12-7-13(19)16(12,2)3/h4-6,12-13,19H,7H2,1-3H3,(H,18,20). The topological polar surface area (TPSA) is 62.5 Å². The normalized spacial score (nSPS) is 23.9. The Morgan fingerprint density at radius 2 is 2.19 bits per heavy atom. The quantitative estimate of drug-likeness (QED) is 0.895. The van der Waals surface area contributed by atoms with E-state index in [0.717, 1.165) is 10.9 Å². The fraction of sp³-hybridized carbons (Fsp3) is 0.438. The van der Waals surface area contributed by atoms with Crippen molar-refractivity contribution in [3.63, 3.8) is 0 Å². The van der Waals surface area contributed by atoms with Gasteiger partial charge in [-0.3, -0.25) is 4.79 Å². The summed E-state index contributed by atoms with van der Waals surface area (Å²) in [4.78, 5) is 12.4. The highest BCUT2D eigenvalue weighted by Crippen LogP contribution is 2.40. The fourth-order valence-electron chi connectivity index (χ4n) is 2.78. The van der Waals surface area contributed by atoms with E-state index in [1.54, 1.807) is 18.2 Å². The number of aryl methyl sites for hydroxylation is 1. The van der Waals surface area contributed by atoms with E-state index < -0.39 is 0 Å². The summed E-state index contributed by atoms with van der Waals surface area (Å²) in [6.45, 7) is 5.73. The van der Waals surface area contributed by atoms with Crippen LogP contribution in [0, 0.1) is 12.3 Å². The minimum absolute atomic E-state index is 0.0452. The first kappa shape index (κ1) is 14.4. The molecule has 0 radical (unpaired) electrons. The van der Waals surface area contributed by atoms with Crippen LogP contribution in [0.3, 0.4) is 0 Å². The summed E-state index contributed by atoms with van der Waals surface area (Å²) in [7, 11) is 0. The number of hydrogen-bond acceptors (Lipinski definition) is 3. The number of fused-ring (bicyclic) bond motifs is 1. The molecule has 0 spiro atoms. The van der Waals surface area contributed by atoms with E-state index in [9.17, 15) is 9.90 Å². The molecule has 2 atom stereocenters. The number of nitrogens with one attached hydrogen (secondary N) is 1. The SMILES string of the molecule is Cc1c(C(=O)NC2CC(O)C2(C)C)oc2ccc(Cl)cc12. The van der Waals surface area contributed by atoms with Crippen LogP contribution >= 0.6 is 11.6 Å². The van der Waals surface area contributed by atoms with Gasteiger partial charge < -0.3 is 14.8 Å². The third-order valence-corrected chi connectivity index (χ3v) is 4.86. The first-order valence-electron chi connectivity index (χ1n) is 6.98. The van der Waals surface area contributed by atoms with Crippen molar-refractivity contribution in [1.29, 1.82) is 0 Å². The molecule has 0 bridgehead atoms. The Hall–Kier alpha value is -1.52. The van der Waals surface area contributed by atoms with Gasteiger partial charge in [0.25, 0.3) is 5.91 Å². The van der Waals surface area contributed by atoms with Gasteiger partial charge in [0.15, 0.2) is 5.76 Å². The van der Waals surface area contributed by atoms with E-state index in [1.165, 1.54) is 0 Å². The van der Waals surface area contributed by atoms with E-state index in [1.807, 2.05) is 20.8 Å². The molecule has 3 rings (SSSR count). The van der Waals surface area contributed by atoms with Crippen LogP contribution in [0.25, 0.3) is 11.0 Å². The van der Waals surface area contributed by atoms with Gasteiger partial charge in [-0.25, -0.2) is 0 Å². The minimum Gasteiger partial charge on any atom is -0.451 e. The monoisotopic (exact) mass is 307 g/mol. The molecule has 1 saturated carbocycles. The zero-order chi connectivity index (χ0) is 15.4. The van der Waals surface area contributed by atoms with Crippen molar-refractivity contribution in [2.75, 3.05) is 0 Å². The summed E-state index contributed by atoms with van der Waals surface area (Å²) in [5.74, 6) is 0.0641. The summed E-state index contributed by atoms with van der Waals surface area (Å²) in [6, 6.07) is 5.25. The molecule has 0 saturated heterocycles. The molecule has 4 nitrogen and oxygen atoms in total. The molecule has 2 N–H and O–H groups in total. The van der Waals surface area contributed by atoms with Crippen LogP contribution in [0.15, 0.2) is 22.6 Å². The van der Waals surface area contributed by atoms with Crippen LogP contribution < -0.4 is 5.32 Å². The van der Waals surface area contributed by atoms with Gasteiger partial charge in [0.1, 0.15) is 5.58 Å². The molecular formula is C16H18ClNO3. The lowest BCUT2D eigenvalue weighted by molar-refractivity contribution is -0.0691. The van der Waals surface area contributed by atoms with Crippen molar-refractivity contribution < 1.29 is 14.3 Å². The van der Waals surface area contributed by atoms with E-state index in [-0.39, 0.29) is 23.5 Å². The third-order valence-electron chi connectivity index (χ3n) is 4.63. The summed E-state index contributed by atoms with van der Waals surface area (Å²) >= 11 is 5.98. The fourth-order valence-corrected chi connectivity index (χ4v) is 2.95. The van der Waals surface area contributed by atoms with Gasteiger partial charge in [0, 0.05) is 27.4 Å². The molecule has 21 heavy (non-hydrogen) atoms. The molecule has 1 amide bonds. The molecule has 1 heterocycles. The number of hydrogen-bond donors (Lipinski definition) is 2. The molecule has 5 heteroatoms. The number of benzene rings is 1. The number of carbonyl (C=O) groups excluding carboxylic acids is 1. The maximum Gasteiger partial charge on any atom is 0.287 e. The Kier molecular flexibility index (Phi) is 3.26. The molecule has 2 unspecified atom stereocenters. The summed E-state index contributed by atoms with van der Waals surface area (Å²) in [6.07, 6.45) is 0.197. The number of aliphatic hydroxyl groups excluding tert-OH is 1. The summed E-state index contributed by atoms with van der Waals surface area (Å²) in [5.41, 5.74) is 1.12. The minimum atomic E-state index is -0.377. The lowest BCUT2D eigenvalue weighted by Gasteiger charge is -2.49. The highest BCUT2D eigenvalue weighted by Gasteiger charge is 2.48. The van der Waals surface area contributed by atoms with Crippen LogP contribution in [0.4, 0.5) is 0 Å². The van der Waals surface area contributed by atoms with E-state index in [4.69, 9.17) is 16.0 Å². The van der Waals surface area contributed by atoms with Crippen molar-refractivity contribution >= 4 is 28.5 Å².